The average Bonchev–Trinajstić information content (AvgIpc) is 3.52. The van der Waals surface area contributed by atoms with Crippen LogP contribution in [0.25, 0.3) is 16.6 Å². The third-order valence-corrected chi connectivity index (χ3v) is 8.09. The summed E-state index contributed by atoms with van der Waals surface area (Å²) in [5.74, 6) is -0.335. The van der Waals surface area contributed by atoms with Crippen LogP contribution in [0, 0.1) is 24.1 Å². The number of amides is 1. The highest BCUT2D eigenvalue weighted by molar-refractivity contribution is 7.99. The monoisotopic (exact) mass is 532 g/mol. The molecule has 0 saturated heterocycles. The smallest absolute Gasteiger partial charge is 0.236 e. The van der Waals surface area contributed by atoms with E-state index in [1.807, 2.05) is 18.5 Å². The van der Waals surface area contributed by atoms with Gasteiger partial charge >= 0.3 is 0 Å². The summed E-state index contributed by atoms with van der Waals surface area (Å²) in [7, 11) is 3.54. The summed E-state index contributed by atoms with van der Waals surface area (Å²) in [6.45, 7) is 2.42. The molecular formula is C27H29FN8OS. The molecular weight excluding hydrogens is 503 g/mol. The summed E-state index contributed by atoms with van der Waals surface area (Å²) in [5.41, 5.74) is 3.91. The first-order chi connectivity index (χ1) is 18.4. The molecule has 1 aliphatic carbocycles. The second-order valence-corrected chi connectivity index (χ2v) is 10.7. The highest BCUT2D eigenvalue weighted by atomic mass is 32.2. The molecule has 196 valence electrons. The van der Waals surface area contributed by atoms with Gasteiger partial charge in [0.05, 0.1) is 36.1 Å². The van der Waals surface area contributed by atoms with Crippen molar-refractivity contribution < 1.29 is 9.18 Å². The molecule has 1 N–H and O–H groups in total. The fraction of sp³-hybridized carbons (Fsp3) is 0.370. The molecule has 1 fully saturated rings. The van der Waals surface area contributed by atoms with Crippen LogP contribution in [0.15, 0.2) is 52.9 Å². The lowest BCUT2D eigenvalue weighted by molar-refractivity contribution is -0.127. The van der Waals surface area contributed by atoms with Gasteiger partial charge < -0.3 is 10.2 Å². The van der Waals surface area contributed by atoms with Crippen molar-refractivity contribution in [3.8, 4) is 17.2 Å². The minimum absolute atomic E-state index is 0.0824. The Hall–Kier alpha value is -3.75. The number of aromatic nitrogens is 5. The molecule has 4 aromatic rings. The van der Waals surface area contributed by atoms with Crippen molar-refractivity contribution >= 4 is 23.2 Å². The molecule has 0 unspecified atom stereocenters. The van der Waals surface area contributed by atoms with Crippen LogP contribution in [0.5, 0.6) is 0 Å². The number of carbonyl (C=O) groups excluding carboxylic acids is 1. The van der Waals surface area contributed by atoms with E-state index in [1.165, 1.54) is 24.0 Å². The minimum Gasteiger partial charge on any atom is -0.348 e. The van der Waals surface area contributed by atoms with Gasteiger partial charge in [0.15, 0.2) is 5.82 Å². The minimum atomic E-state index is -0.417. The topological polar surface area (TPSA) is 104 Å². The number of fused-ring (bicyclic) bond motifs is 1. The molecule has 0 atom stereocenters. The molecule has 1 aliphatic rings. The summed E-state index contributed by atoms with van der Waals surface area (Å²) < 4.78 is 18.2. The fourth-order valence-electron chi connectivity index (χ4n) is 4.93. The maximum Gasteiger partial charge on any atom is 0.236 e. The second kappa shape index (κ2) is 10.9. The zero-order valence-electron chi connectivity index (χ0n) is 21.6. The zero-order chi connectivity index (χ0) is 26.8. The van der Waals surface area contributed by atoms with E-state index < -0.39 is 5.82 Å². The van der Waals surface area contributed by atoms with Crippen molar-refractivity contribution in [2.24, 2.45) is 0 Å². The van der Waals surface area contributed by atoms with Gasteiger partial charge in [-0.1, -0.05) is 11.8 Å². The molecule has 0 aliphatic heterocycles. The predicted molar refractivity (Wildman–Crippen MR) is 142 cm³/mol. The van der Waals surface area contributed by atoms with Crippen molar-refractivity contribution in [2.75, 3.05) is 20.6 Å². The Kier molecular flexibility index (Phi) is 7.44. The summed E-state index contributed by atoms with van der Waals surface area (Å²) >= 11 is 1.18. The van der Waals surface area contributed by atoms with Crippen LogP contribution >= 0.6 is 11.8 Å². The van der Waals surface area contributed by atoms with Crippen molar-refractivity contribution in [1.82, 2.24) is 34.6 Å². The van der Waals surface area contributed by atoms with Crippen LogP contribution in [0.2, 0.25) is 0 Å². The lowest BCUT2D eigenvalue weighted by Crippen LogP contribution is -2.40. The number of hydrogen-bond donors (Lipinski definition) is 1. The van der Waals surface area contributed by atoms with Crippen LogP contribution in [0.1, 0.15) is 43.0 Å². The summed E-state index contributed by atoms with van der Waals surface area (Å²) in [5, 5.41) is 22.4. The van der Waals surface area contributed by atoms with Crippen LogP contribution in [0.4, 0.5) is 4.39 Å². The third kappa shape index (κ3) is 5.14. The van der Waals surface area contributed by atoms with Crippen LogP contribution < -0.4 is 5.32 Å². The van der Waals surface area contributed by atoms with Gasteiger partial charge in [-0.2, -0.15) is 15.5 Å². The third-order valence-electron chi connectivity index (χ3n) is 7.07. The van der Waals surface area contributed by atoms with E-state index >= 15 is 0 Å². The maximum absolute atomic E-state index is 14.4. The highest BCUT2D eigenvalue weighted by Gasteiger charge is 2.25. The van der Waals surface area contributed by atoms with E-state index in [-0.39, 0.29) is 17.0 Å². The molecule has 1 saturated carbocycles. The number of pyridine rings is 2. The average molecular weight is 533 g/mol. The van der Waals surface area contributed by atoms with Gasteiger partial charge in [0.2, 0.25) is 5.91 Å². The Morgan fingerprint density at radius 2 is 2.05 bits per heavy atom. The predicted octanol–water partition coefficient (Wildman–Crippen LogP) is 4.22. The SMILES string of the molecule is Cc1c(-c2cc(Sc3ncccc3F)c3c(C#N)cnn3c2)cnn1C1CCC(NCC(=O)N(C)C)CC1. The first-order valence-corrected chi connectivity index (χ1v) is 13.3. The quantitative estimate of drug-likeness (QED) is 0.380. The van der Waals surface area contributed by atoms with E-state index in [2.05, 4.69) is 33.1 Å². The number of likely N-dealkylation sites (N-methyl/N-ethyl adjacent to an activating group) is 1. The van der Waals surface area contributed by atoms with Crippen LogP contribution in [-0.4, -0.2) is 61.9 Å². The number of nitrogens with one attached hydrogen (secondary N) is 1. The molecule has 11 heteroatoms. The molecule has 0 radical (unpaired) electrons. The van der Waals surface area contributed by atoms with Crippen molar-refractivity contribution in [3.05, 3.63) is 60.1 Å². The van der Waals surface area contributed by atoms with E-state index in [4.69, 9.17) is 5.10 Å². The first-order valence-electron chi connectivity index (χ1n) is 12.5. The molecule has 38 heavy (non-hydrogen) atoms. The standard InChI is InChI=1S/C27H29FN8OS/c1-17-22(14-33-36(17)21-8-6-20(7-9-21)31-15-25(37)34(2)3)18-11-24(38-27-23(28)5-4-10-30-27)26-19(12-29)13-32-35(26)16-18/h4-5,10-11,13-14,16,20-21,31H,6-9,15H2,1-3H3. The molecule has 5 rings (SSSR count). The Morgan fingerprint density at radius 3 is 2.76 bits per heavy atom. The van der Waals surface area contributed by atoms with Gasteiger partial charge in [0.1, 0.15) is 11.1 Å². The normalized spacial score (nSPS) is 17.4. The van der Waals surface area contributed by atoms with Gasteiger partial charge in [0, 0.05) is 54.2 Å². The van der Waals surface area contributed by atoms with Crippen LogP contribution in [-0.2, 0) is 4.79 Å². The van der Waals surface area contributed by atoms with Gasteiger partial charge in [-0.3, -0.25) is 9.48 Å². The van der Waals surface area contributed by atoms with Crippen molar-refractivity contribution in [3.63, 3.8) is 0 Å². The van der Waals surface area contributed by atoms with E-state index in [9.17, 15) is 14.4 Å². The van der Waals surface area contributed by atoms with Crippen molar-refractivity contribution in [2.45, 2.75) is 54.6 Å². The Bertz CT molecular complexity index is 1510. The summed E-state index contributed by atoms with van der Waals surface area (Å²) in [4.78, 5) is 18.4. The Morgan fingerprint density at radius 1 is 1.26 bits per heavy atom. The molecule has 0 aromatic carbocycles. The Balaban J connectivity index is 1.39. The lowest BCUT2D eigenvalue weighted by Gasteiger charge is -2.30. The highest BCUT2D eigenvalue weighted by Crippen LogP contribution is 2.37. The van der Waals surface area contributed by atoms with Gasteiger partial charge in [-0.15, -0.1) is 0 Å². The number of rotatable bonds is 7. The van der Waals surface area contributed by atoms with Gasteiger partial charge in [-0.25, -0.2) is 13.9 Å². The summed E-state index contributed by atoms with van der Waals surface area (Å²) in [6, 6.07) is 7.66. The number of halogens is 1. The molecule has 4 aromatic heterocycles. The lowest BCUT2D eigenvalue weighted by atomic mass is 9.91. The van der Waals surface area contributed by atoms with E-state index in [0.717, 1.165) is 42.5 Å². The fourth-order valence-corrected chi connectivity index (χ4v) is 5.90. The number of hydrogen-bond acceptors (Lipinski definition) is 7. The largest absolute Gasteiger partial charge is 0.348 e. The Labute approximate surface area is 224 Å². The molecule has 0 bridgehead atoms. The van der Waals surface area contributed by atoms with Gasteiger partial charge in [0.25, 0.3) is 0 Å². The first kappa shape index (κ1) is 25.9. The van der Waals surface area contributed by atoms with E-state index in [1.54, 1.807) is 35.8 Å². The summed E-state index contributed by atoms with van der Waals surface area (Å²) in [6.07, 6.45) is 10.7. The van der Waals surface area contributed by atoms with Gasteiger partial charge in [-0.05, 0) is 50.8 Å². The number of nitrogens with zero attached hydrogens (tertiary/aromatic N) is 7. The van der Waals surface area contributed by atoms with E-state index in [0.29, 0.717) is 28.6 Å². The molecule has 0 spiro atoms. The number of carbonyl (C=O) groups is 1. The van der Waals surface area contributed by atoms with Crippen molar-refractivity contribution in [1.29, 1.82) is 5.26 Å². The molecule has 4 heterocycles. The molecule has 1 amide bonds. The maximum atomic E-state index is 14.4. The second-order valence-electron chi connectivity index (χ2n) is 9.71. The van der Waals surface area contributed by atoms with Crippen LogP contribution in [0.3, 0.4) is 0 Å². The number of nitriles is 1. The zero-order valence-corrected chi connectivity index (χ0v) is 22.4. The molecule has 9 nitrogen and oxygen atoms in total.